The van der Waals surface area contributed by atoms with Gasteiger partial charge in [0.05, 0.1) is 25.0 Å². The predicted molar refractivity (Wildman–Crippen MR) is 131 cm³/mol. The summed E-state index contributed by atoms with van der Waals surface area (Å²) in [4.78, 5) is 0. The molecular weight excluding hydrogens is 422 g/mol. The second-order valence-corrected chi connectivity index (χ2v) is 10.4. The van der Waals surface area contributed by atoms with Crippen LogP contribution in [0.15, 0.2) is 66.7 Å². The van der Waals surface area contributed by atoms with Crippen LogP contribution in [0.25, 0.3) is 43.1 Å². The van der Waals surface area contributed by atoms with E-state index < -0.39 is 15.7 Å². The summed E-state index contributed by atoms with van der Waals surface area (Å²) < 4.78 is 27.8. The Bertz CT molecular complexity index is 1510. The lowest BCUT2D eigenvalue weighted by Crippen LogP contribution is -2.49. The minimum absolute atomic E-state index is 0.140. The van der Waals surface area contributed by atoms with E-state index in [4.69, 9.17) is 4.18 Å². The fraction of sp³-hybridized carbons (Fsp3) is 0.231. The molecule has 32 heavy (non-hydrogen) atoms. The second kappa shape index (κ2) is 7.67. The molecule has 0 amide bonds. The molecule has 0 saturated carbocycles. The monoisotopic (exact) mass is 447 g/mol. The summed E-state index contributed by atoms with van der Waals surface area (Å²) in [7, 11) is -3.59. The molecule has 0 saturated heterocycles. The van der Waals surface area contributed by atoms with Gasteiger partial charge in [0.1, 0.15) is 0 Å². The van der Waals surface area contributed by atoms with Crippen molar-refractivity contribution in [3.05, 3.63) is 72.3 Å². The third-order valence-electron chi connectivity index (χ3n) is 6.26. The van der Waals surface area contributed by atoms with Gasteiger partial charge in [0, 0.05) is 6.54 Å². The Kier molecular flexibility index (Phi) is 5.06. The summed E-state index contributed by atoms with van der Waals surface area (Å²) >= 11 is 0. The van der Waals surface area contributed by atoms with Crippen molar-refractivity contribution in [2.24, 2.45) is 0 Å². The normalized spacial score (nSPS) is 14.6. The molecule has 0 aromatic heterocycles. The van der Waals surface area contributed by atoms with Gasteiger partial charge in [0.25, 0.3) is 10.1 Å². The van der Waals surface area contributed by atoms with E-state index in [0.717, 1.165) is 17.2 Å². The van der Waals surface area contributed by atoms with E-state index in [-0.39, 0.29) is 13.2 Å². The Morgan fingerprint density at radius 2 is 1.41 bits per heavy atom. The largest absolute Gasteiger partial charge is 0.394 e. The number of aliphatic hydroxyl groups excluding tert-OH is 1. The van der Waals surface area contributed by atoms with Crippen LogP contribution in [-0.4, -0.2) is 38.5 Å². The molecule has 164 valence electrons. The van der Waals surface area contributed by atoms with Gasteiger partial charge in [-0.15, -0.1) is 0 Å². The lowest BCUT2D eigenvalue weighted by molar-refractivity contribution is 0.118. The maximum atomic E-state index is 11.4. The fourth-order valence-corrected chi connectivity index (χ4v) is 5.03. The van der Waals surface area contributed by atoms with Gasteiger partial charge in [-0.2, -0.15) is 8.42 Å². The molecule has 5 aromatic rings. The average Bonchev–Trinajstić information content (AvgIpc) is 2.79. The summed E-state index contributed by atoms with van der Waals surface area (Å²) in [5, 5.41) is 23.0. The summed E-state index contributed by atoms with van der Waals surface area (Å²) in [5.74, 6) is 0. The molecule has 0 bridgehead atoms. The Hall–Kier alpha value is -2.77. The minimum atomic E-state index is -3.59. The van der Waals surface area contributed by atoms with E-state index in [2.05, 4.69) is 72.0 Å². The van der Waals surface area contributed by atoms with Crippen LogP contribution in [0.1, 0.15) is 12.5 Å². The van der Waals surface area contributed by atoms with Gasteiger partial charge < -0.3 is 10.4 Å². The zero-order valence-electron chi connectivity index (χ0n) is 18.1. The molecule has 0 aliphatic carbocycles. The maximum absolute atomic E-state index is 11.4. The highest BCUT2D eigenvalue weighted by Gasteiger charge is 2.25. The molecule has 0 aliphatic heterocycles. The molecule has 5 aromatic carbocycles. The van der Waals surface area contributed by atoms with E-state index >= 15 is 0 Å². The van der Waals surface area contributed by atoms with Gasteiger partial charge in [-0.05, 0) is 55.6 Å². The SMILES string of the molecule is CC(CO)(COS(C)(=O)=O)NCc1ccc2c3cccc4cccc(c5cccc1c52)c43. The first-order valence-corrected chi connectivity index (χ1v) is 12.4. The van der Waals surface area contributed by atoms with Crippen LogP contribution >= 0.6 is 0 Å². The summed E-state index contributed by atoms with van der Waals surface area (Å²) in [6.07, 6.45) is 1.01. The number of hydrogen-bond acceptors (Lipinski definition) is 5. The van der Waals surface area contributed by atoms with Crippen molar-refractivity contribution >= 4 is 53.2 Å². The third-order valence-corrected chi connectivity index (χ3v) is 6.81. The number of fused-ring (bicyclic) bond motifs is 2. The Balaban J connectivity index is 1.62. The van der Waals surface area contributed by atoms with E-state index in [9.17, 15) is 13.5 Å². The van der Waals surface area contributed by atoms with Crippen LogP contribution in [0.4, 0.5) is 0 Å². The zero-order chi connectivity index (χ0) is 22.5. The number of hydrogen-bond donors (Lipinski definition) is 2. The summed E-state index contributed by atoms with van der Waals surface area (Å²) in [6.45, 7) is 1.83. The molecule has 1 atom stereocenters. The Labute approximate surface area is 187 Å². The van der Waals surface area contributed by atoms with Crippen LogP contribution in [0.2, 0.25) is 0 Å². The van der Waals surface area contributed by atoms with Crippen LogP contribution < -0.4 is 5.32 Å². The number of nitrogens with one attached hydrogen (secondary N) is 1. The van der Waals surface area contributed by atoms with Gasteiger partial charge in [0.15, 0.2) is 0 Å². The lowest BCUT2D eigenvalue weighted by atomic mass is 9.88. The van der Waals surface area contributed by atoms with E-state index in [1.54, 1.807) is 6.92 Å². The molecule has 6 heteroatoms. The molecule has 2 N–H and O–H groups in total. The van der Waals surface area contributed by atoms with Crippen LogP contribution in [0.3, 0.4) is 0 Å². The van der Waals surface area contributed by atoms with Crippen molar-refractivity contribution in [3.8, 4) is 0 Å². The molecule has 5 rings (SSSR count). The van der Waals surface area contributed by atoms with Gasteiger partial charge >= 0.3 is 0 Å². The lowest BCUT2D eigenvalue weighted by Gasteiger charge is -2.28. The first-order chi connectivity index (χ1) is 15.3. The number of rotatable bonds is 7. The molecule has 0 fully saturated rings. The van der Waals surface area contributed by atoms with E-state index in [1.165, 1.54) is 37.7 Å². The van der Waals surface area contributed by atoms with Crippen molar-refractivity contribution in [1.29, 1.82) is 0 Å². The van der Waals surface area contributed by atoms with Gasteiger partial charge in [-0.25, -0.2) is 0 Å². The Morgan fingerprint density at radius 1 is 0.844 bits per heavy atom. The molecule has 0 heterocycles. The van der Waals surface area contributed by atoms with Crippen molar-refractivity contribution in [1.82, 2.24) is 5.32 Å². The quantitative estimate of drug-likeness (QED) is 0.217. The first-order valence-electron chi connectivity index (χ1n) is 10.6. The molecule has 1 unspecified atom stereocenters. The highest BCUT2D eigenvalue weighted by Crippen LogP contribution is 2.40. The topological polar surface area (TPSA) is 75.6 Å². The average molecular weight is 448 g/mol. The van der Waals surface area contributed by atoms with E-state index in [0.29, 0.717) is 6.54 Å². The molecule has 0 aliphatic rings. The highest BCUT2D eigenvalue weighted by atomic mass is 32.2. The highest BCUT2D eigenvalue weighted by molar-refractivity contribution is 7.85. The maximum Gasteiger partial charge on any atom is 0.264 e. The fourth-order valence-electron chi connectivity index (χ4n) is 4.56. The summed E-state index contributed by atoms with van der Waals surface area (Å²) in [6, 6.07) is 23.5. The standard InChI is InChI=1S/C26H25NO4S/c1-26(15-28,16-31-32(2,29)30)27-14-18-12-13-23-21-10-4-7-17-6-3-9-20(24(17)21)22-11-5-8-19(18)25(22)23/h3-13,27-28H,14-16H2,1-2H3. The number of benzene rings is 5. The molecule has 0 spiro atoms. The first kappa shape index (κ1) is 21.1. The van der Waals surface area contributed by atoms with Crippen molar-refractivity contribution in [2.75, 3.05) is 19.5 Å². The second-order valence-electron chi connectivity index (χ2n) is 8.75. The number of aliphatic hydroxyl groups is 1. The van der Waals surface area contributed by atoms with Crippen LogP contribution in [-0.2, 0) is 20.8 Å². The van der Waals surface area contributed by atoms with E-state index in [1.807, 2.05) is 0 Å². The van der Waals surface area contributed by atoms with Crippen LogP contribution in [0, 0.1) is 0 Å². The summed E-state index contributed by atoms with van der Waals surface area (Å²) in [5.41, 5.74) is 0.192. The molecule has 5 nitrogen and oxygen atoms in total. The third kappa shape index (κ3) is 3.59. The zero-order valence-corrected chi connectivity index (χ0v) is 18.9. The minimum Gasteiger partial charge on any atom is -0.394 e. The van der Waals surface area contributed by atoms with Gasteiger partial charge in [-0.1, -0.05) is 66.7 Å². The van der Waals surface area contributed by atoms with Crippen LogP contribution in [0.5, 0.6) is 0 Å². The van der Waals surface area contributed by atoms with Gasteiger partial charge in [-0.3, -0.25) is 4.18 Å². The van der Waals surface area contributed by atoms with Crippen molar-refractivity contribution < 1.29 is 17.7 Å². The van der Waals surface area contributed by atoms with Crippen molar-refractivity contribution in [3.63, 3.8) is 0 Å². The van der Waals surface area contributed by atoms with Crippen molar-refractivity contribution in [2.45, 2.75) is 19.0 Å². The predicted octanol–water partition coefficient (Wildman–Crippen LogP) is 4.55. The molecular formula is C26H25NO4S. The molecule has 0 radical (unpaired) electrons. The smallest absolute Gasteiger partial charge is 0.264 e. The van der Waals surface area contributed by atoms with Gasteiger partial charge in [0.2, 0.25) is 0 Å². The Morgan fingerprint density at radius 3 is 2.03 bits per heavy atom.